The Morgan fingerprint density at radius 2 is 1.71 bits per heavy atom. The highest BCUT2D eigenvalue weighted by molar-refractivity contribution is 6.29. The second-order valence-electron chi connectivity index (χ2n) is 6.49. The van der Waals surface area contributed by atoms with E-state index < -0.39 is 35.6 Å². The number of aromatic nitrogens is 4. The van der Waals surface area contributed by atoms with E-state index in [1.54, 1.807) is 0 Å². The fourth-order valence-corrected chi connectivity index (χ4v) is 2.74. The number of carbonyl (C=O) groups excluding carboxylic acids is 2. The van der Waals surface area contributed by atoms with Gasteiger partial charge in [-0.15, -0.1) is 10.2 Å². The van der Waals surface area contributed by atoms with Crippen LogP contribution in [0.25, 0.3) is 11.4 Å². The first kappa shape index (κ1) is 25.6. The van der Waals surface area contributed by atoms with E-state index in [0.717, 1.165) is 12.1 Å². The van der Waals surface area contributed by atoms with Crippen molar-refractivity contribution in [2.24, 2.45) is 0 Å². The summed E-state index contributed by atoms with van der Waals surface area (Å²) in [6, 6.07) is 7.00. The molecule has 2 heterocycles. The van der Waals surface area contributed by atoms with Crippen LogP contribution in [0.3, 0.4) is 0 Å². The summed E-state index contributed by atoms with van der Waals surface area (Å²) >= 11 is 5.78. The second-order valence-corrected chi connectivity index (χ2v) is 6.88. The van der Waals surface area contributed by atoms with Gasteiger partial charge in [-0.3, -0.25) is 0 Å². The molecule has 3 aromatic rings. The molecule has 0 saturated carbocycles. The Hall–Kier alpha value is -4.00. The summed E-state index contributed by atoms with van der Waals surface area (Å²) < 4.78 is 54.9. The van der Waals surface area contributed by atoms with E-state index in [4.69, 9.17) is 25.8 Å². The smallest absolute Gasteiger partial charge is 0.425 e. The van der Waals surface area contributed by atoms with Crippen molar-refractivity contribution in [3.05, 3.63) is 53.3 Å². The van der Waals surface area contributed by atoms with Gasteiger partial charge < -0.3 is 14.2 Å². The number of imide groups is 1. The maximum Gasteiger partial charge on any atom is 0.425 e. The summed E-state index contributed by atoms with van der Waals surface area (Å²) in [6.07, 6.45) is -5.71. The Morgan fingerprint density at radius 3 is 2.29 bits per heavy atom. The fraction of sp³-hybridized carbons (Fsp3) is 0.238. The van der Waals surface area contributed by atoms with Crippen molar-refractivity contribution in [3.8, 4) is 23.0 Å². The van der Waals surface area contributed by atoms with Crippen molar-refractivity contribution in [1.82, 2.24) is 20.2 Å². The molecule has 0 atom stereocenters. The summed E-state index contributed by atoms with van der Waals surface area (Å²) in [4.78, 5) is 33.4. The van der Waals surface area contributed by atoms with Gasteiger partial charge in [-0.25, -0.2) is 14.6 Å². The van der Waals surface area contributed by atoms with Gasteiger partial charge in [0.15, 0.2) is 5.82 Å². The number of amides is 2. The van der Waals surface area contributed by atoms with Gasteiger partial charge in [-0.2, -0.15) is 23.1 Å². The molecular formula is C21H17ClF3N5O5. The minimum Gasteiger partial charge on any atom is -0.449 e. The minimum atomic E-state index is -4.61. The summed E-state index contributed by atoms with van der Waals surface area (Å²) in [5.74, 6) is -1.19. The molecule has 2 aromatic heterocycles. The van der Waals surface area contributed by atoms with E-state index in [1.165, 1.54) is 44.3 Å². The number of hydrogen-bond acceptors (Lipinski definition) is 9. The van der Waals surface area contributed by atoms with Crippen LogP contribution in [0.5, 0.6) is 11.6 Å². The third-order valence-electron chi connectivity index (χ3n) is 4.11. The second kappa shape index (κ2) is 11.0. The maximum absolute atomic E-state index is 13.2. The highest BCUT2D eigenvalue weighted by Gasteiger charge is 2.34. The molecule has 0 aliphatic rings. The Morgan fingerprint density at radius 1 is 1.03 bits per heavy atom. The Bertz CT molecular complexity index is 1190. The number of benzene rings is 1. The van der Waals surface area contributed by atoms with Crippen molar-refractivity contribution in [2.45, 2.75) is 20.0 Å². The third-order valence-corrected chi connectivity index (χ3v) is 4.34. The third kappa shape index (κ3) is 6.32. The largest absolute Gasteiger partial charge is 0.449 e. The molecule has 0 aliphatic carbocycles. The molecule has 0 bridgehead atoms. The molecule has 0 spiro atoms. The first-order valence-electron chi connectivity index (χ1n) is 9.99. The normalized spacial score (nSPS) is 11.0. The van der Waals surface area contributed by atoms with E-state index in [-0.39, 0.29) is 35.5 Å². The number of nitrogens with zero attached hydrogens (tertiary/aromatic N) is 5. The molecule has 14 heteroatoms. The zero-order valence-corrected chi connectivity index (χ0v) is 19.0. The van der Waals surface area contributed by atoms with Crippen LogP contribution in [0.1, 0.15) is 19.4 Å². The van der Waals surface area contributed by atoms with E-state index in [2.05, 4.69) is 20.2 Å². The van der Waals surface area contributed by atoms with Crippen LogP contribution in [0.15, 0.2) is 42.6 Å². The van der Waals surface area contributed by atoms with Gasteiger partial charge in [0.25, 0.3) is 5.88 Å². The zero-order chi connectivity index (χ0) is 25.6. The summed E-state index contributed by atoms with van der Waals surface area (Å²) in [6.45, 7) is 2.85. The molecule has 0 saturated heterocycles. The highest BCUT2D eigenvalue weighted by Crippen LogP contribution is 2.34. The fourth-order valence-electron chi connectivity index (χ4n) is 2.63. The number of anilines is 1. The molecule has 184 valence electrons. The Kier molecular flexibility index (Phi) is 8.02. The number of pyridine rings is 1. The van der Waals surface area contributed by atoms with Crippen molar-refractivity contribution < 1.29 is 37.0 Å². The minimum absolute atomic E-state index is 0.0447. The number of halogens is 4. The van der Waals surface area contributed by atoms with Crippen molar-refractivity contribution in [1.29, 1.82) is 0 Å². The summed E-state index contributed by atoms with van der Waals surface area (Å²) in [7, 11) is 0. The predicted octanol–water partition coefficient (Wildman–Crippen LogP) is 5.52. The molecule has 2 amide bonds. The Labute approximate surface area is 201 Å². The van der Waals surface area contributed by atoms with Gasteiger partial charge in [0.2, 0.25) is 5.82 Å². The number of ether oxygens (including phenoxy) is 3. The van der Waals surface area contributed by atoms with Crippen molar-refractivity contribution in [2.75, 3.05) is 18.1 Å². The maximum atomic E-state index is 13.2. The van der Waals surface area contributed by atoms with Crippen LogP contribution in [0.2, 0.25) is 5.15 Å². The monoisotopic (exact) mass is 511 g/mol. The van der Waals surface area contributed by atoms with Gasteiger partial charge in [-0.1, -0.05) is 23.7 Å². The van der Waals surface area contributed by atoms with Crippen LogP contribution in [-0.4, -0.2) is 45.6 Å². The molecule has 1 aromatic carbocycles. The van der Waals surface area contributed by atoms with Gasteiger partial charge in [-0.05, 0) is 38.1 Å². The molecule has 3 rings (SSSR count). The van der Waals surface area contributed by atoms with Crippen LogP contribution in [0.4, 0.5) is 28.6 Å². The first-order valence-corrected chi connectivity index (χ1v) is 10.4. The molecule has 0 N–H and O–H groups in total. The zero-order valence-electron chi connectivity index (χ0n) is 18.2. The van der Waals surface area contributed by atoms with Crippen molar-refractivity contribution >= 4 is 29.6 Å². The molecule has 35 heavy (non-hydrogen) atoms. The lowest BCUT2D eigenvalue weighted by atomic mass is 10.1. The standard InChI is InChI=1S/C21H17ClF3N5O5/c1-3-33-19(31)30(20(32)34-4-2)17-18(35-14-8-9-15(22)26-11-14)27-16(28-29-17)12-6-5-7-13(10-12)21(23,24)25/h5-11H,3-4H2,1-2H3. The quantitative estimate of drug-likeness (QED) is 0.394. The average Bonchev–Trinajstić information content (AvgIpc) is 2.81. The van der Waals surface area contributed by atoms with Gasteiger partial charge in [0.05, 0.1) is 25.0 Å². The van der Waals surface area contributed by atoms with Gasteiger partial charge >= 0.3 is 18.4 Å². The molecule has 0 radical (unpaired) electrons. The number of rotatable bonds is 6. The topological polar surface area (TPSA) is 117 Å². The molecular weight excluding hydrogens is 495 g/mol. The summed E-state index contributed by atoms with van der Waals surface area (Å²) in [5.41, 5.74) is -0.983. The lowest BCUT2D eigenvalue weighted by Crippen LogP contribution is -2.39. The van der Waals surface area contributed by atoms with E-state index >= 15 is 0 Å². The van der Waals surface area contributed by atoms with Crippen molar-refractivity contribution in [3.63, 3.8) is 0 Å². The molecule has 0 aliphatic heterocycles. The van der Waals surface area contributed by atoms with Crippen LogP contribution >= 0.6 is 11.6 Å². The first-order chi connectivity index (χ1) is 16.6. The number of carbonyl (C=O) groups is 2. The molecule has 10 nitrogen and oxygen atoms in total. The van der Waals surface area contributed by atoms with Gasteiger partial charge in [0.1, 0.15) is 10.9 Å². The van der Waals surface area contributed by atoms with Crippen LogP contribution in [0, 0.1) is 0 Å². The Balaban J connectivity index is 2.14. The lowest BCUT2D eigenvalue weighted by Gasteiger charge is -2.20. The predicted molar refractivity (Wildman–Crippen MR) is 116 cm³/mol. The molecule has 0 fully saturated rings. The number of hydrogen-bond donors (Lipinski definition) is 0. The van der Waals surface area contributed by atoms with E-state index in [0.29, 0.717) is 4.90 Å². The van der Waals surface area contributed by atoms with E-state index in [1.807, 2.05) is 0 Å². The van der Waals surface area contributed by atoms with Crippen LogP contribution < -0.4 is 9.64 Å². The summed E-state index contributed by atoms with van der Waals surface area (Å²) in [5, 5.41) is 7.77. The lowest BCUT2D eigenvalue weighted by molar-refractivity contribution is -0.137. The van der Waals surface area contributed by atoms with E-state index in [9.17, 15) is 22.8 Å². The average molecular weight is 512 g/mol. The van der Waals surface area contributed by atoms with Crippen LogP contribution in [-0.2, 0) is 15.7 Å². The van der Waals surface area contributed by atoms with Gasteiger partial charge in [0, 0.05) is 5.56 Å². The SMILES string of the molecule is CCOC(=O)N(C(=O)OCC)c1nnc(-c2cccc(C(F)(F)F)c2)nc1Oc1ccc(Cl)nc1. The molecule has 0 unspecified atom stereocenters. The highest BCUT2D eigenvalue weighted by atomic mass is 35.5. The number of alkyl halides is 3.